The van der Waals surface area contributed by atoms with E-state index < -0.39 is 5.56 Å². The fraction of sp³-hybridized carbons (Fsp3) is 0.360. The highest BCUT2D eigenvalue weighted by atomic mass is 16.5. The predicted octanol–water partition coefficient (Wildman–Crippen LogP) is 1.75. The molecule has 1 aliphatic heterocycles. The van der Waals surface area contributed by atoms with E-state index in [4.69, 9.17) is 25.9 Å². The number of benzene rings is 1. The van der Waals surface area contributed by atoms with Gasteiger partial charge in [0, 0.05) is 24.7 Å². The number of aromatic nitrogens is 2. The maximum atomic E-state index is 12.2. The van der Waals surface area contributed by atoms with Crippen LogP contribution in [0.1, 0.15) is 37.8 Å². The molecule has 0 radical (unpaired) electrons. The van der Waals surface area contributed by atoms with Crippen LogP contribution in [0.25, 0.3) is 0 Å². The molecule has 5 N–H and O–H groups in total. The van der Waals surface area contributed by atoms with E-state index in [1.807, 2.05) is 13.8 Å². The van der Waals surface area contributed by atoms with E-state index >= 15 is 0 Å². The largest absolute Gasteiger partial charge is 0.494 e. The van der Waals surface area contributed by atoms with Crippen LogP contribution in [0.15, 0.2) is 40.6 Å². The van der Waals surface area contributed by atoms with E-state index in [2.05, 4.69) is 28.6 Å². The van der Waals surface area contributed by atoms with Crippen molar-refractivity contribution >= 4 is 23.1 Å². The number of ether oxygens (including phenoxy) is 2. The molecule has 0 atom stereocenters. The molecular formula is C25H30N6O4. The molecule has 1 fully saturated rings. The summed E-state index contributed by atoms with van der Waals surface area (Å²) in [5, 5.41) is 6.10. The third-order valence-electron chi connectivity index (χ3n) is 5.37. The highest BCUT2D eigenvalue weighted by Gasteiger charge is 2.23. The van der Waals surface area contributed by atoms with Gasteiger partial charge in [0.05, 0.1) is 24.8 Å². The standard InChI is InChI=1S/C25H30N6O4/c1-4-21(32)31-11-9-17(10-12-31)28-20(22-23(26)25(33)30-29-24(22)27)8-7-16-13-18(34-5-2)15-19(14-16)35-6-3/h4,13-15,17H,1,5-6,9-12H2,2-3H3,(H,30,33)(H4,26,27,29). The molecule has 10 heteroatoms. The average molecular weight is 479 g/mol. The number of piperidine rings is 1. The molecule has 35 heavy (non-hydrogen) atoms. The number of nitrogens with one attached hydrogen (secondary N) is 1. The molecular weight excluding hydrogens is 448 g/mol. The van der Waals surface area contributed by atoms with Gasteiger partial charge in [0.15, 0.2) is 5.82 Å². The number of aromatic amines is 1. The van der Waals surface area contributed by atoms with Crippen molar-refractivity contribution in [3.63, 3.8) is 0 Å². The minimum Gasteiger partial charge on any atom is -0.494 e. The predicted molar refractivity (Wildman–Crippen MR) is 136 cm³/mol. The first-order valence-electron chi connectivity index (χ1n) is 11.4. The number of carbonyl (C=O) groups excluding carboxylic acids is 1. The Morgan fingerprint density at radius 2 is 1.86 bits per heavy atom. The van der Waals surface area contributed by atoms with Gasteiger partial charge in [-0.15, -0.1) is 0 Å². The van der Waals surface area contributed by atoms with Crippen LogP contribution >= 0.6 is 0 Å². The van der Waals surface area contributed by atoms with Gasteiger partial charge < -0.3 is 25.8 Å². The molecule has 184 valence electrons. The Morgan fingerprint density at radius 3 is 2.43 bits per heavy atom. The zero-order chi connectivity index (χ0) is 25.4. The van der Waals surface area contributed by atoms with Crippen LogP contribution in [0.4, 0.5) is 11.5 Å². The number of nitrogens with zero attached hydrogens (tertiary/aromatic N) is 3. The Hall–Kier alpha value is -4.26. The lowest BCUT2D eigenvalue weighted by molar-refractivity contribution is -0.126. The van der Waals surface area contributed by atoms with Crippen molar-refractivity contribution in [2.45, 2.75) is 32.7 Å². The molecule has 0 unspecified atom stereocenters. The number of H-pyrrole nitrogens is 1. The van der Waals surface area contributed by atoms with Crippen LogP contribution in [0.3, 0.4) is 0 Å². The SMILES string of the molecule is C=CC(=O)N1CCC(N=C(C#Cc2cc(OCC)cc(OCC)c2)c2c(N)n[nH]c(=O)c2N)CC1. The van der Waals surface area contributed by atoms with E-state index in [-0.39, 0.29) is 34.7 Å². The smallest absolute Gasteiger partial charge is 0.288 e. The number of carbonyl (C=O) groups is 1. The first-order valence-corrected chi connectivity index (χ1v) is 11.4. The van der Waals surface area contributed by atoms with E-state index in [0.717, 1.165) is 0 Å². The first-order chi connectivity index (χ1) is 16.9. The van der Waals surface area contributed by atoms with Gasteiger partial charge in [0.2, 0.25) is 5.91 Å². The topological polar surface area (TPSA) is 149 Å². The van der Waals surface area contributed by atoms with Gasteiger partial charge in [-0.05, 0) is 50.8 Å². The molecule has 1 amide bonds. The van der Waals surface area contributed by atoms with Gasteiger partial charge in [-0.2, -0.15) is 5.10 Å². The Balaban J connectivity index is 2.02. The van der Waals surface area contributed by atoms with E-state index in [9.17, 15) is 9.59 Å². The monoisotopic (exact) mass is 478 g/mol. The van der Waals surface area contributed by atoms with Gasteiger partial charge >= 0.3 is 0 Å². The molecule has 10 nitrogen and oxygen atoms in total. The molecule has 1 saturated heterocycles. The molecule has 0 bridgehead atoms. The molecule has 1 aromatic carbocycles. The number of aliphatic imine (C=N–C) groups is 1. The van der Waals surface area contributed by atoms with Crippen molar-refractivity contribution in [2.24, 2.45) is 4.99 Å². The summed E-state index contributed by atoms with van der Waals surface area (Å²) in [5.41, 5.74) is 12.5. The number of amides is 1. The van der Waals surface area contributed by atoms with Gasteiger partial charge in [-0.25, -0.2) is 5.10 Å². The summed E-state index contributed by atoms with van der Waals surface area (Å²) < 4.78 is 11.3. The summed E-state index contributed by atoms with van der Waals surface area (Å²) in [6.07, 6.45) is 2.54. The summed E-state index contributed by atoms with van der Waals surface area (Å²) in [6, 6.07) is 5.24. The second-order valence-electron chi connectivity index (χ2n) is 7.77. The molecule has 2 heterocycles. The lowest BCUT2D eigenvalue weighted by Gasteiger charge is -2.29. The first kappa shape index (κ1) is 25.4. The summed E-state index contributed by atoms with van der Waals surface area (Å²) >= 11 is 0. The van der Waals surface area contributed by atoms with E-state index in [1.54, 1.807) is 23.1 Å². The van der Waals surface area contributed by atoms with Gasteiger partial charge in [0.25, 0.3) is 5.56 Å². The normalized spacial score (nSPS) is 14.1. The van der Waals surface area contributed by atoms with Gasteiger partial charge in [-0.3, -0.25) is 14.6 Å². The summed E-state index contributed by atoms with van der Waals surface area (Å²) in [5.74, 6) is 7.26. The van der Waals surface area contributed by atoms with Crippen molar-refractivity contribution in [1.29, 1.82) is 0 Å². The summed E-state index contributed by atoms with van der Waals surface area (Å²) in [6.45, 7) is 9.38. The van der Waals surface area contributed by atoms with Crippen LogP contribution in [0.5, 0.6) is 11.5 Å². The van der Waals surface area contributed by atoms with Crippen molar-refractivity contribution in [2.75, 3.05) is 37.8 Å². The number of hydrogen-bond acceptors (Lipinski definition) is 8. The molecule has 3 rings (SSSR count). The number of nitrogen functional groups attached to an aromatic ring is 2. The molecule has 2 aromatic rings. The fourth-order valence-corrected chi connectivity index (χ4v) is 3.69. The minimum atomic E-state index is -0.577. The molecule has 0 spiro atoms. The summed E-state index contributed by atoms with van der Waals surface area (Å²) in [7, 11) is 0. The molecule has 0 saturated carbocycles. The van der Waals surface area contributed by atoms with Crippen LogP contribution in [-0.2, 0) is 4.79 Å². The quantitative estimate of drug-likeness (QED) is 0.312. The highest BCUT2D eigenvalue weighted by molar-refractivity contribution is 6.18. The van der Waals surface area contributed by atoms with Gasteiger partial charge in [-0.1, -0.05) is 12.5 Å². The number of anilines is 2. The fourth-order valence-electron chi connectivity index (χ4n) is 3.69. The number of nitrogens with two attached hydrogens (primary N) is 2. The average Bonchev–Trinajstić information content (AvgIpc) is 2.85. The highest BCUT2D eigenvalue weighted by Crippen LogP contribution is 2.23. The van der Waals surface area contributed by atoms with Crippen LogP contribution in [0, 0.1) is 11.8 Å². The third kappa shape index (κ3) is 6.41. The van der Waals surface area contributed by atoms with Crippen LogP contribution in [0.2, 0.25) is 0 Å². The number of likely N-dealkylation sites (tertiary alicyclic amines) is 1. The van der Waals surface area contributed by atoms with E-state index in [1.165, 1.54) is 6.08 Å². The third-order valence-corrected chi connectivity index (χ3v) is 5.37. The maximum Gasteiger partial charge on any atom is 0.288 e. The molecule has 1 aromatic heterocycles. The summed E-state index contributed by atoms with van der Waals surface area (Å²) in [4.78, 5) is 30.6. The second-order valence-corrected chi connectivity index (χ2v) is 7.77. The van der Waals surface area contributed by atoms with Crippen molar-refractivity contribution < 1.29 is 14.3 Å². The van der Waals surface area contributed by atoms with Crippen molar-refractivity contribution in [3.05, 3.63) is 52.3 Å². The number of hydrogen-bond donors (Lipinski definition) is 3. The zero-order valence-corrected chi connectivity index (χ0v) is 20.0. The van der Waals surface area contributed by atoms with Crippen LogP contribution in [-0.4, -0.2) is 59.1 Å². The van der Waals surface area contributed by atoms with E-state index in [0.29, 0.717) is 56.2 Å². The molecule has 0 aliphatic carbocycles. The Bertz CT molecular complexity index is 1210. The van der Waals surface area contributed by atoms with Crippen molar-refractivity contribution in [3.8, 4) is 23.3 Å². The maximum absolute atomic E-state index is 12.2. The second kappa shape index (κ2) is 11.7. The van der Waals surface area contributed by atoms with Crippen molar-refractivity contribution in [1.82, 2.24) is 15.1 Å². The lowest BCUT2D eigenvalue weighted by atomic mass is 10.0. The number of rotatable bonds is 7. The lowest BCUT2D eigenvalue weighted by Crippen LogP contribution is -2.39. The molecule has 1 aliphatic rings. The Labute approximate surface area is 204 Å². The minimum absolute atomic E-state index is 0.0208. The van der Waals surface area contributed by atoms with Gasteiger partial charge in [0.1, 0.15) is 22.9 Å². The Kier molecular flexibility index (Phi) is 8.51. The van der Waals surface area contributed by atoms with Crippen LogP contribution < -0.4 is 26.5 Å². The zero-order valence-electron chi connectivity index (χ0n) is 20.0. The Morgan fingerprint density at radius 1 is 1.23 bits per heavy atom.